The van der Waals surface area contributed by atoms with Gasteiger partial charge in [-0.15, -0.1) is 5.10 Å². The standard InChI is InChI=1S/C24H27ClN6O5/c1-14-9-19(30-36-14)22-28-29-23(35-22)27-24(6-7-24)16-10-15(13-33)17(18(25)11-16)12-31(3)20(5-4-8-32)21(34)26-2/h8-11,13,20H,4-7,12H2,1-3H3,(H,26,34)(H,27,29). The van der Waals surface area contributed by atoms with Gasteiger partial charge in [0.15, 0.2) is 5.69 Å². The van der Waals surface area contributed by atoms with Crippen LogP contribution in [0.1, 0.15) is 52.9 Å². The highest BCUT2D eigenvalue weighted by Gasteiger charge is 2.46. The summed E-state index contributed by atoms with van der Waals surface area (Å²) >= 11 is 6.66. The third kappa shape index (κ3) is 5.31. The number of halogens is 1. The Hall–Kier alpha value is -3.57. The van der Waals surface area contributed by atoms with E-state index in [1.165, 1.54) is 0 Å². The zero-order valence-corrected chi connectivity index (χ0v) is 21.0. The van der Waals surface area contributed by atoms with E-state index in [0.717, 1.165) is 31.0 Å². The molecule has 1 aromatic carbocycles. The summed E-state index contributed by atoms with van der Waals surface area (Å²) < 4.78 is 10.8. The summed E-state index contributed by atoms with van der Waals surface area (Å²) in [4.78, 5) is 37.0. The number of amides is 1. The monoisotopic (exact) mass is 514 g/mol. The number of nitrogens with zero attached hydrogens (tertiary/aromatic N) is 4. The van der Waals surface area contributed by atoms with Crippen molar-refractivity contribution < 1.29 is 23.3 Å². The fraction of sp³-hybridized carbons (Fsp3) is 0.417. The van der Waals surface area contributed by atoms with Crippen LogP contribution in [0.4, 0.5) is 6.01 Å². The minimum absolute atomic E-state index is 0.208. The predicted octanol–water partition coefficient (Wildman–Crippen LogP) is 3.13. The average molecular weight is 515 g/mol. The van der Waals surface area contributed by atoms with Gasteiger partial charge < -0.3 is 24.4 Å². The van der Waals surface area contributed by atoms with E-state index in [4.69, 9.17) is 20.5 Å². The molecule has 1 fully saturated rings. The summed E-state index contributed by atoms with van der Waals surface area (Å²) in [6.07, 6.45) is 3.71. The molecule has 2 heterocycles. The van der Waals surface area contributed by atoms with Crippen LogP contribution in [0.25, 0.3) is 11.6 Å². The van der Waals surface area contributed by atoms with E-state index in [1.54, 1.807) is 38.1 Å². The zero-order chi connectivity index (χ0) is 25.9. The van der Waals surface area contributed by atoms with Crippen LogP contribution < -0.4 is 10.6 Å². The molecule has 0 radical (unpaired) electrons. The molecule has 0 aliphatic heterocycles. The predicted molar refractivity (Wildman–Crippen MR) is 131 cm³/mol. The zero-order valence-electron chi connectivity index (χ0n) is 20.2. The molecule has 1 unspecified atom stereocenters. The van der Waals surface area contributed by atoms with E-state index in [2.05, 4.69) is 26.0 Å². The number of hydrogen-bond donors (Lipinski definition) is 2. The number of rotatable bonds is 12. The fourth-order valence-electron chi connectivity index (χ4n) is 4.17. The van der Waals surface area contributed by atoms with E-state index in [9.17, 15) is 14.4 Å². The molecule has 190 valence electrons. The summed E-state index contributed by atoms with van der Waals surface area (Å²) in [7, 11) is 3.31. The second-order valence-corrected chi connectivity index (χ2v) is 9.28. The van der Waals surface area contributed by atoms with Crippen molar-refractivity contribution in [2.45, 2.75) is 50.7 Å². The Labute approximate surface area is 212 Å². The minimum Gasteiger partial charge on any atom is -0.402 e. The first-order valence-corrected chi connectivity index (χ1v) is 11.9. The third-order valence-electron chi connectivity index (χ3n) is 6.32. The van der Waals surface area contributed by atoms with Crippen LogP contribution in [0.5, 0.6) is 0 Å². The second-order valence-electron chi connectivity index (χ2n) is 8.88. The summed E-state index contributed by atoms with van der Waals surface area (Å²) in [6, 6.07) is 4.99. The number of carbonyl (C=O) groups is 3. The molecule has 2 N–H and O–H groups in total. The molecule has 1 saturated carbocycles. The maximum atomic E-state index is 12.3. The Balaban J connectivity index is 1.55. The van der Waals surface area contributed by atoms with Gasteiger partial charge in [-0.25, -0.2) is 0 Å². The number of nitrogens with one attached hydrogen (secondary N) is 2. The van der Waals surface area contributed by atoms with Gasteiger partial charge in [-0.05, 0) is 56.5 Å². The second kappa shape index (κ2) is 10.6. The number of aldehydes is 2. The van der Waals surface area contributed by atoms with Gasteiger partial charge in [-0.3, -0.25) is 14.5 Å². The Morgan fingerprint density at radius 2 is 2.06 bits per heavy atom. The Bertz CT molecular complexity index is 1270. The van der Waals surface area contributed by atoms with Gasteiger partial charge >= 0.3 is 6.01 Å². The molecule has 0 saturated heterocycles. The van der Waals surface area contributed by atoms with E-state index >= 15 is 0 Å². The van der Waals surface area contributed by atoms with Gasteiger partial charge in [0.25, 0.3) is 5.89 Å². The van der Waals surface area contributed by atoms with Crippen molar-refractivity contribution in [2.24, 2.45) is 0 Å². The van der Waals surface area contributed by atoms with Gasteiger partial charge in [0.2, 0.25) is 5.91 Å². The minimum atomic E-state index is -0.535. The Morgan fingerprint density at radius 3 is 2.67 bits per heavy atom. The molecule has 1 aliphatic carbocycles. The number of aromatic nitrogens is 3. The van der Waals surface area contributed by atoms with Crippen LogP contribution in [0.2, 0.25) is 5.02 Å². The summed E-state index contributed by atoms with van der Waals surface area (Å²) in [6.45, 7) is 2.03. The van der Waals surface area contributed by atoms with Gasteiger partial charge in [0.1, 0.15) is 18.3 Å². The highest BCUT2D eigenvalue weighted by atomic mass is 35.5. The van der Waals surface area contributed by atoms with Gasteiger partial charge in [-0.2, -0.15) is 0 Å². The SMILES string of the molecule is CNC(=O)C(CCC=O)N(C)Cc1c(Cl)cc(C2(Nc3nnc(-c4cc(C)on4)o3)CC2)cc1C=O. The van der Waals surface area contributed by atoms with Crippen molar-refractivity contribution in [1.82, 2.24) is 25.6 Å². The van der Waals surface area contributed by atoms with E-state index in [1.807, 2.05) is 6.07 Å². The number of aryl methyl sites for hydroxylation is 1. The number of anilines is 1. The van der Waals surface area contributed by atoms with Crippen molar-refractivity contribution in [3.63, 3.8) is 0 Å². The summed E-state index contributed by atoms with van der Waals surface area (Å²) in [5, 5.41) is 18.3. The van der Waals surface area contributed by atoms with Crippen molar-refractivity contribution in [2.75, 3.05) is 19.4 Å². The lowest BCUT2D eigenvalue weighted by Gasteiger charge is -2.27. The lowest BCUT2D eigenvalue weighted by molar-refractivity contribution is -0.126. The molecule has 2 aromatic heterocycles. The molecular formula is C24H27ClN6O5. The first-order valence-electron chi connectivity index (χ1n) is 11.5. The topological polar surface area (TPSA) is 143 Å². The van der Waals surface area contributed by atoms with Crippen molar-refractivity contribution in [3.8, 4) is 11.6 Å². The maximum Gasteiger partial charge on any atom is 0.316 e. The first-order chi connectivity index (χ1) is 17.3. The molecule has 1 atom stereocenters. The van der Waals surface area contributed by atoms with E-state index < -0.39 is 11.6 Å². The normalized spacial score (nSPS) is 14.9. The van der Waals surface area contributed by atoms with Crippen molar-refractivity contribution in [1.29, 1.82) is 0 Å². The lowest BCUT2D eigenvalue weighted by Crippen LogP contribution is -2.43. The highest BCUT2D eigenvalue weighted by Crippen LogP contribution is 2.49. The summed E-state index contributed by atoms with van der Waals surface area (Å²) in [5.41, 5.74) is 1.80. The van der Waals surface area contributed by atoms with Gasteiger partial charge in [0.05, 0.1) is 11.6 Å². The quantitative estimate of drug-likeness (QED) is 0.346. The lowest BCUT2D eigenvalue weighted by atomic mass is 9.97. The molecule has 1 amide bonds. The molecule has 3 aromatic rings. The molecule has 0 bridgehead atoms. The molecule has 12 heteroatoms. The summed E-state index contributed by atoms with van der Waals surface area (Å²) in [5.74, 6) is 0.652. The van der Waals surface area contributed by atoms with Crippen molar-refractivity contribution in [3.05, 3.63) is 45.7 Å². The van der Waals surface area contributed by atoms with Crippen LogP contribution in [-0.4, -0.2) is 58.9 Å². The highest BCUT2D eigenvalue weighted by molar-refractivity contribution is 6.31. The van der Waals surface area contributed by atoms with Crippen LogP contribution in [-0.2, 0) is 21.7 Å². The smallest absolute Gasteiger partial charge is 0.316 e. The van der Waals surface area contributed by atoms with Crippen molar-refractivity contribution >= 4 is 36.1 Å². The molecule has 4 rings (SSSR count). The van der Waals surface area contributed by atoms with Gasteiger partial charge in [-0.1, -0.05) is 21.9 Å². The van der Waals surface area contributed by atoms with Crippen LogP contribution >= 0.6 is 11.6 Å². The Morgan fingerprint density at radius 1 is 1.28 bits per heavy atom. The largest absolute Gasteiger partial charge is 0.402 e. The molecule has 36 heavy (non-hydrogen) atoms. The molecule has 0 spiro atoms. The third-order valence-corrected chi connectivity index (χ3v) is 6.66. The average Bonchev–Trinajstić information content (AvgIpc) is 3.27. The number of hydrogen-bond acceptors (Lipinski definition) is 10. The number of benzene rings is 1. The molecular weight excluding hydrogens is 488 g/mol. The fourth-order valence-corrected chi connectivity index (χ4v) is 4.46. The van der Waals surface area contributed by atoms with Gasteiger partial charge in [0, 0.05) is 36.7 Å². The molecule has 1 aliphatic rings. The first kappa shape index (κ1) is 25.5. The Kier molecular flexibility index (Phi) is 7.51. The van der Waals surface area contributed by atoms with E-state index in [-0.39, 0.29) is 30.8 Å². The maximum absolute atomic E-state index is 12.3. The number of carbonyl (C=O) groups excluding carboxylic acids is 3. The van der Waals surface area contributed by atoms with Crippen LogP contribution in [0.3, 0.4) is 0 Å². The van der Waals surface area contributed by atoms with Crippen LogP contribution in [0.15, 0.2) is 27.1 Å². The van der Waals surface area contributed by atoms with E-state index in [0.29, 0.717) is 34.0 Å². The molecule has 11 nitrogen and oxygen atoms in total. The number of likely N-dealkylation sites (N-methyl/N-ethyl adjacent to an activating group) is 2. The van der Waals surface area contributed by atoms with Crippen LogP contribution in [0, 0.1) is 6.92 Å².